The second kappa shape index (κ2) is 10.9. The smallest absolute Gasteiger partial charge is 0.295 e. The third kappa shape index (κ3) is 4.47. The summed E-state index contributed by atoms with van der Waals surface area (Å²) in [6.45, 7) is 8.03. The Balaban J connectivity index is 1.31. The summed E-state index contributed by atoms with van der Waals surface area (Å²) < 4.78 is 38.6. The molecule has 0 spiro atoms. The molecular formula is C37H34ClN2O3S+. The lowest BCUT2D eigenvalue weighted by Gasteiger charge is -2.16. The van der Waals surface area contributed by atoms with Crippen molar-refractivity contribution in [3.63, 3.8) is 0 Å². The first kappa shape index (κ1) is 28.8. The molecule has 1 aromatic heterocycles. The van der Waals surface area contributed by atoms with Crippen molar-refractivity contribution >= 4 is 71.6 Å². The summed E-state index contributed by atoms with van der Waals surface area (Å²) in [7, 11) is -4.35. The zero-order valence-corrected chi connectivity index (χ0v) is 26.6. The van der Waals surface area contributed by atoms with Crippen molar-refractivity contribution in [1.29, 1.82) is 0 Å². The lowest BCUT2D eigenvalue weighted by Crippen LogP contribution is -2.15. The number of halogens is 1. The summed E-state index contributed by atoms with van der Waals surface area (Å²) >= 11 is 7.09. The van der Waals surface area contributed by atoms with Gasteiger partial charge in [-0.15, -0.1) is 0 Å². The van der Waals surface area contributed by atoms with Crippen LogP contribution in [0.15, 0.2) is 100.0 Å². The summed E-state index contributed by atoms with van der Waals surface area (Å²) in [5.41, 5.74) is 8.17. The topological polar surface area (TPSA) is 62.3 Å². The minimum absolute atomic E-state index is 0.0697. The third-order valence-electron chi connectivity index (χ3n) is 9.18. The predicted molar refractivity (Wildman–Crippen MR) is 182 cm³/mol. The van der Waals surface area contributed by atoms with Gasteiger partial charge in [0.1, 0.15) is 11.4 Å². The van der Waals surface area contributed by atoms with Gasteiger partial charge < -0.3 is 4.57 Å². The summed E-state index contributed by atoms with van der Waals surface area (Å²) in [6, 6.07) is 19.9. The van der Waals surface area contributed by atoms with Crippen molar-refractivity contribution in [3.05, 3.63) is 112 Å². The van der Waals surface area contributed by atoms with Gasteiger partial charge >= 0.3 is 0 Å². The normalized spacial score (nSPS) is 17.2. The number of nitrogens with zero attached hydrogens (tertiary/aromatic N) is 2. The Morgan fingerprint density at radius 2 is 1.70 bits per heavy atom. The van der Waals surface area contributed by atoms with Crippen LogP contribution in [-0.2, 0) is 16.7 Å². The molecule has 0 amide bonds. The summed E-state index contributed by atoms with van der Waals surface area (Å²) in [5, 5.41) is 6.71. The number of allylic oxidation sites excluding steroid dienone is 6. The molecule has 1 aliphatic heterocycles. The van der Waals surface area contributed by atoms with E-state index in [2.05, 4.69) is 84.5 Å². The van der Waals surface area contributed by atoms with E-state index >= 15 is 0 Å². The highest BCUT2D eigenvalue weighted by Gasteiger charge is 2.30. The summed E-state index contributed by atoms with van der Waals surface area (Å²) in [5.74, 6) is 0. The molecule has 222 valence electrons. The number of hydrogen-bond donors (Lipinski definition) is 1. The second-order valence-electron chi connectivity index (χ2n) is 11.6. The highest BCUT2D eigenvalue weighted by atomic mass is 35.5. The van der Waals surface area contributed by atoms with Gasteiger partial charge in [-0.3, -0.25) is 4.55 Å². The van der Waals surface area contributed by atoms with Gasteiger partial charge in [0.25, 0.3) is 10.1 Å². The lowest BCUT2D eigenvalue weighted by atomic mass is 9.93. The number of hydrogen-bond acceptors (Lipinski definition) is 2. The van der Waals surface area contributed by atoms with E-state index in [9.17, 15) is 13.0 Å². The van der Waals surface area contributed by atoms with Crippen LogP contribution in [0.4, 0.5) is 5.69 Å². The fourth-order valence-electron chi connectivity index (χ4n) is 7.15. The number of aromatic nitrogens is 1. The van der Waals surface area contributed by atoms with Crippen LogP contribution in [0, 0.1) is 6.92 Å². The SMILES string of the molecule is CCn1/c(=C/C=C2\CCCC(/C=C/C3=[N+](CC)c4cccc5c(C)ccc3c45)=C2Cl)c2ccc(S(=O)(=O)O)c3cccc1c32. The molecule has 44 heavy (non-hydrogen) atoms. The molecule has 0 saturated heterocycles. The maximum absolute atomic E-state index is 12.1. The number of rotatable bonds is 6. The Hall–Kier alpha value is -3.97. The molecule has 0 unspecified atom stereocenters. The molecule has 0 radical (unpaired) electrons. The van der Waals surface area contributed by atoms with Crippen LogP contribution < -0.4 is 5.35 Å². The molecule has 1 N–H and O–H groups in total. The highest BCUT2D eigenvalue weighted by molar-refractivity contribution is 7.86. The zero-order chi connectivity index (χ0) is 30.7. The summed E-state index contributed by atoms with van der Waals surface area (Å²) in [6.07, 6.45) is 11.5. The van der Waals surface area contributed by atoms with Crippen LogP contribution in [0.1, 0.15) is 44.2 Å². The molecule has 5 nitrogen and oxygen atoms in total. The van der Waals surface area contributed by atoms with Gasteiger partial charge in [-0.05, 0) is 86.4 Å². The van der Waals surface area contributed by atoms with E-state index in [1.165, 1.54) is 39.4 Å². The van der Waals surface area contributed by atoms with Crippen LogP contribution in [0.3, 0.4) is 0 Å². The van der Waals surface area contributed by atoms with Crippen molar-refractivity contribution in [2.75, 3.05) is 6.54 Å². The van der Waals surface area contributed by atoms with Crippen molar-refractivity contribution in [3.8, 4) is 0 Å². The molecule has 0 saturated carbocycles. The van der Waals surface area contributed by atoms with Crippen LogP contribution in [0.25, 0.3) is 38.5 Å². The predicted octanol–water partition coefficient (Wildman–Crippen LogP) is 8.35. The first-order valence-electron chi connectivity index (χ1n) is 15.2. The van der Waals surface area contributed by atoms with E-state index in [0.717, 1.165) is 63.6 Å². The molecule has 0 bridgehead atoms. The van der Waals surface area contributed by atoms with Crippen molar-refractivity contribution in [1.82, 2.24) is 4.57 Å². The van der Waals surface area contributed by atoms with E-state index in [0.29, 0.717) is 11.9 Å². The van der Waals surface area contributed by atoms with Gasteiger partial charge in [0.2, 0.25) is 11.4 Å². The molecular weight excluding hydrogens is 588 g/mol. The zero-order valence-electron chi connectivity index (χ0n) is 25.1. The first-order chi connectivity index (χ1) is 21.2. The molecule has 7 heteroatoms. The molecule has 0 fully saturated rings. The van der Waals surface area contributed by atoms with E-state index in [1.807, 2.05) is 12.1 Å². The standard InChI is InChI=1S/C37H33ClN2O3S/c1-4-39-30(27-18-15-23(3)26-11-7-13-32(39)35(26)27)20-16-24-9-6-10-25(37(24)38)17-21-31-28-19-22-34(44(41,42)43)29-12-8-14-33(36(28)29)40(31)5-2/h7-8,11-22H,4-6,9-10H2,1-3H3/p+1. The van der Waals surface area contributed by atoms with E-state index < -0.39 is 10.1 Å². The largest absolute Gasteiger partial charge is 0.341 e. The van der Waals surface area contributed by atoms with Crippen LogP contribution in [0.2, 0.25) is 0 Å². The number of aryl methyl sites for hydroxylation is 2. The van der Waals surface area contributed by atoms with Gasteiger partial charge in [-0.1, -0.05) is 60.2 Å². The second-order valence-corrected chi connectivity index (χ2v) is 13.3. The molecule has 4 aromatic carbocycles. The molecule has 0 atom stereocenters. The minimum atomic E-state index is -4.35. The average Bonchev–Trinajstić information content (AvgIpc) is 3.50. The number of benzene rings is 4. The van der Waals surface area contributed by atoms with Crippen molar-refractivity contribution < 1.29 is 17.5 Å². The van der Waals surface area contributed by atoms with E-state index in [4.69, 9.17) is 11.6 Å². The lowest BCUT2D eigenvalue weighted by molar-refractivity contribution is -0.430. The fourth-order valence-corrected chi connectivity index (χ4v) is 8.16. The fraction of sp³-hybridized carbons (Fsp3) is 0.216. The Bertz CT molecular complexity index is 2320. The summed E-state index contributed by atoms with van der Waals surface area (Å²) in [4.78, 5) is -0.0697. The first-order valence-corrected chi connectivity index (χ1v) is 17.0. The van der Waals surface area contributed by atoms with Gasteiger partial charge in [0, 0.05) is 50.7 Å². The van der Waals surface area contributed by atoms with Crippen LogP contribution in [0.5, 0.6) is 0 Å². The maximum atomic E-state index is 12.1. The maximum Gasteiger partial charge on any atom is 0.295 e. The molecule has 7 rings (SSSR count). The third-order valence-corrected chi connectivity index (χ3v) is 10.6. The van der Waals surface area contributed by atoms with Crippen LogP contribution in [-0.4, -0.2) is 34.4 Å². The van der Waals surface area contributed by atoms with Crippen molar-refractivity contribution in [2.45, 2.75) is 51.5 Å². The molecule has 2 aliphatic rings. The Kier molecular flexibility index (Phi) is 7.12. The highest BCUT2D eigenvalue weighted by Crippen LogP contribution is 2.38. The Morgan fingerprint density at radius 1 is 0.909 bits per heavy atom. The monoisotopic (exact) mass is 621 g/mol. The average molecular weight is 622 g/mol. The van der Waals surface area contributed by atoms with Gasteiger partial charge in [-0.2, -0.15) is 13.0 Å². The van der Waals surface area contributed by atoms with Gasteiger partial charge in [0.15, 0.2) is 0 Å². The van der Waals surface area contributed by atoms with Crippen LogP contribution >= 0.6 is 11.6 Å². The van der Waals surface area contributed by atoms with E-state index in [-0.39, 0.29) is 4.90 Å². The molecule has 1 aliphatic carbocycles. The quantitative estimate of drug-likeness (QED) is 0.153. The molecule has 5 aromatic rings. The Labute approximate surface area is 262 Å². The minimum Gasteiger partial charge on any atom is -0.341 e. The Morgan fingerprint density at radius 3 is 2.48 bits per heavy atom. The van der Waals surface area contributed by atoms with E-state index in [1.54, 1.807) is 12.1 Å². The van der Waals surface area contributed by atoms with Crippen molar-refractivity contribution in [2.24, 2.45) is 0 Å². The molecule has 2 heterocycles. The van der Waals surface area contributed by atoms with Gasteiger partial charge in [0.05, 0.1) is 10.9 Å². The van der Waals surface area contributed by atoms with Gasteiger partial charge in [-0.25, -0.2) is 0 Å².